The summed E-state index contributed by atoms with van der Waals surface area (Å²) < 4.78 is 10.8. The minimum absolute atomic E-state index is 0.0189. The average molecular weight is 310 g/mol. The number of fused-ring (bicyclic) bond motifs is 1. The lowest BCUT2D eigenvalue weighted by atomic mass is 9.88. The number of hydrogen-bond acceptors (Lipinski definition) is 4. The second-order valence-electron chi connectivity index (χ2n) is 5.35. The number of rotatable bonds is 4. The molecule has 2 aromatic carbocycles. The number of methoxy groups -OCH3 is 1. The Bertz CT molecular complexity index is 895. The lowest BCUT2D eigenvalue weighted by Gasteiger charge is -2.19. The van der Waals surface area contributed by atoms with Gasteiger partial charge in [0.2, 0.25) is 0 Å². The first-order chi connectivity index (χ1) is 11.2. The molecule has 0 fully saturated rings. The zero-order valence-corrected chi connectivity index (χ0v) is 13.1. The Morgan fingerprint density at radius 3 is 2.57 bits per heavy atom. The van der Waals surface area contributed by atoms with E-state index in [9.17, 15) is 9.90 Å². The van der Waals surface area contributed by atoms with E-state index in [1.54, 1.807) is 31.4 Å². The summed E-state index contributed by atoms with van der Waals surface area (Å²) in [5, 5.41) is 11.2. The second-order valence-corrected chi connectivity index (χ2v) is 5.35. The van der Waals surface area contributed by atoms with E-state index in [0.717, 1.165) is 5.56 Å². The standard InChI is InChI=1S/C19H18O4/c1-3-12(13-8-4-6-10-15(13)22-2)17-18(20)14-9-5-7-11-16(14)23-19(17)21/h4-12,20H,3H2,1-2H3. The van der Waals surface area contributed by atoms with Gasteiger partial charge in [0.1, 0.15) is 17.1 Å². The summed E-state index contributed by atoms with van der Waals surface area (Å²) in [6, 6.07) is 14.5. The molecule has 4 heteroatoms. The highest BCUT2D eigenvalue weighted by Crippen LogP contribution is 2.38. The molecule has 0 aliphatic heterocycles. The van der Waals surface area contributed by atoms with Gasteiger partial charge in [0.05, 0.1) is 18.1 Å². The molecule has 1 aromatic heterocycles. The van der Waals surface area contributed by atoms with Crippen molar-refractivity contribution in [2.24, 2.45) is 0 Å². The van der Waals surface area contributed by atoms with Crippen LogP contribution in [0, 0.1) is 0 Å². The molecule has 0 spiro atoms. The number of para-hydroxylation sites is 2. The average Bonchev–Trinajstić information content (AvgIpc) is 2.58. The molecule has 1 unspecified atom stereocenters. The van der Waals surface area contributed by atoms with Crippen LogP contribution in [0.4, 0.5) is 0 Å². The highest BCUT2D eigenvalue weighted by molar-refractivity contribution is 5.84. The monoisotopic (exact) mass is 310 g/mol. The fourth-order valence-corrected chi connectivity index (χ4v) is 2.99. The number of ether oxygens (including phenoxy) is 1. The normalized spacial score (nSPS) is 12.3. The van der Waals surface area contributed by atoms with Gasteiger partial charge in [-0.05, 0) is 24.6 Å². The van der Waals surface area contributed by atoms with E-state index >= 15 is 0 Å². The molecule has 1 N–H and O–H groups in total. The Hall–Kier alpha value is -2.75. The molecule has 1 atom stereocenters. The minimum Gasteiger partial charge on any atom is -0.507 e. The predicted octanol–water partition coefficient (Wildman–Crippen LogP) is 4.05. The first kappa shape index (κ1) is 15.2. The molecule has 3 rings (SSSR count). The van der Waals surface area contributed by atoms with E-state index in [4.69, 9.17) is 9.15 Å². The fourth-order valence-electron chi connectivity index (χ4n) is 2.99. The van der Waals surface area contributed by atoms with Crippen molar-refractivity contribution in [3.8, 4) is 11.5 Å². The van der Waals surface area contributed by atoms with Crippen molar-refractivity contribution >= 4 is 11.0 Å². The van der Waals surface area contributed by atoms with Crippen molar-refractivity contribution in [1.82, 2.24) is 0 Å². The van der Waals surface area contributed by atoms with Gasteiger partial charge < -0.3 is 14.3 Å². The van der Waals surface area contributed by atoms with Crippen molar-refractivity contribution in [2.75, 3.05) is 7.11 Å². The first-order valence-electron chi connectivity index (χ1n) is 7.55. The van der Waals surface area contributed by atoms with E-state index in [1.807, 2.05) is 31.2 Å². The van der Waals surface area contributed by atoms with Crippen LogP contribution in [0.2, 0.25) is 0 Å². The van der Waals surface area contributed by atoms with Gasteiger partial charge in [0.15, 0.2) is 0 Å². The lowest BCUT2D eigenvalue weighted by Crippen LogP contribution is -2.14. The van der Waals surface area contributed by atoms with Crippen molar-refractivity contribution in [3.63, 3.8) is 0 Å². The van der Waals surface area contributed by atoms with Gasteiger partial charge in [0, 0.05) is 11.5 Å². The molecule has 0 aliphatic rings. The number of benzene rings is 2. The summed E-state index contributed by atoms with van der Waals surface area (Å²) in [6.45, 7) is 1.96. The molecule has 4 nitrogen and oxygen atoms in total. The van der Waals surface area contributed by atoms with Gasteiger partial charge >= 0.3 is 5.63 Å². The maximum atomic E-state index is 12.5. The highest BCUT2D eigenvalue weighted by Gasteiger charge is 2.25. The van der Waals surface area contributed by atoms with Crippen molar-refractivity contribution in [3.05, 3.63) is 70.1 Å². The Balaban J connectivity index is 2.27. The van der Waals surface area contributed by atoms with Gasteiger partial charge in [-0.15, -0.1) is 0 Å². The lowest BCUT2D eigenvalue weighted by molar-refractivity contribution is 0.404. The van der Waals surface area contributed by atoms with Crippen LogP contribution in [0.15, 0.2) is 57.7 Å². The Morgan fingerprint density at radius 1 is 1.13 bits per heavy atom. The molecule has 23 heavy (non-hydrogen) atoms. The van der Waals surface area contributed by atoms with Gasteiger partial charge in [-0.1, -0.05) is 37.3 Å². The van der Waals surface area contributed by atoms with E-state index in [2.05, 4.69) is 0 Å². The van der Waals surface area contributed by atoms with E-state index in [1.165, 1.54) is 0 Å². The maximum Gasteiger partial charge on any atom is 0.343 e. The molecule has 0 bridgehead atoms. The van der Waals surface area contributed by atoms with Crippen LogP contribution in [0.25, 0.3) is 11.0 Å². The summed E-state index contributed by atoms with van der Waals surface area (Å²) in [4.78, 5) is 12.5. The molecule has 3 aromatic rings. The minimum atomic E-state index is -0.515. The molecular weight excluding hydrogens is 292 g/mol. The van der Waals surface area contributed by atoms with Crippen molar-refractivity contribution in [2.45, 2.75) is 19.3 Å². The third-order valence-electron chi connectivity index (χ3n) is 4.09. The van der Waals surface area contributed by atoms with Crippen LogP contribution < -0.4 is 10.4 Å². The van der Waals surface area contributed by atoms with Gasteiger partial charge in [0.25, 0.3) is 0 Å². The highest BCUT2D eigenvalue weighted by atomic mass is 16.5. The van der Waals surface area contributed by atoms with E-state index in [0.29, 0.717) is 23.1 Å². The summed E-state index contributed by atoms with van der Waals surface area (Å²) >= 11 is 0. The van der Waals surface area contributed by atoms with Crippen LogP contribution in [0.1, 0.15) is 30.4 Å². The molecule has 0 radical (unpaired) electrons. The molecule has 1 heterocycles. The van der Waals surface area contributed by atoms with Gasteiger partial charge in [-0.2, -0.15) is 0 Å². The number of hydrogen-bond donors (Lipinski definition) is 1. The maximum absolute atomic E-state index is 12.5. The van der Waals surface area contributed by atoms with Crippen molar-refractivity contribution in [1.29, 1.82) is 0 Å². The zero-order valence-electron chi connectivity index (χ0n) is 13.1. The Labute approximate surface area is 134 Å². The quantitative estimate of drug-likeness (QED) is 0.739. The van der Waals surface area contributed by atoms with Gasteiger partial charge in [-0.3, -0.25) is 0 Å². The predicted molar refractivity (Wildman–Crippen MR) is 89.3 cm³/mol. The van der Waals surface area contributed by atoms with Gasteiger partial charge in [-0.25, -0.2) is 4.79 Å². The summed E-state index contributed by atoms with van der Waals surface area (Å²) in [6.07, 6.45) is 0.636. The third-order valence-corrected chi connectivity index (χ3v) is 4.09. The van der Waals surface area contributed by atoms with Crippen LogP contribution in [0.3, 0.4) is 0 Å². The largest absolute Gasteiger partial charge is 0.507 e. The molecule has 0 aliphatic carbocycles. The summed E-state index contributed by atoms with van der Waals surface area (Å²) in [5.74, 6) is 0.368. The van der Waals surface area contributed by atoms with E-state index < -0.39 is 5.63 Å². The molecule has 0 saturated heterocycles. The molecule has 0 saturated carbocycles. The van der Waals surface area contributed by atoms with Crippen molar-refractivity contribution < 1.29 is 14.3 Å². The topological polar surface area (TPSA) is 59.7 Å². The fraction of sp³-hybridized carbons (Fsp3) is 0.211. The Kier molecular flexibility index (Phi) is 4.06. The van der Waals surface area contributed by atoms with E-state index in [-0.39, 0.29) is 17.2 Å². The SMILES string of the molecule is CCC(c1ccccc1OC)c1c(O)c2ccccc2oc1=O. The zero-order chi connectivity index (χ0) is 16.4. The Morgan fingerprint density at radius 2 is 1.83 bits per heavy atom. The summed E-state index contributed by atoms with van der Waals surface area (Å²) in [7, 11) is 1.59. The molecular formula is C19H18O4. The van der Waals surface area contributed by atoms with Crippen LogP contribution in [-0.2, 0) is 0 Å². The smallest absolute Gasteiger partial charge is 0.343 e. The number of aromatic hydroxyl groups is 1. The van der Waals surface area contributed by atoms with Crippen LogP contribution >= 0.6 is 0 Å². The second kappa shape index (κ2) is 6.16. The summed E-state index contributed by atoms with van der Waals surface area (Å²) in [5.41, 5.74) is 0.999. The van der Waals surface area contributed by atoms with Crippen LogP contribution in [0.5, 0.6) is 11.5 Å². The first-order valence-corrected chi connectivity index (χ1v) is 7.55. The molecule has 118 valence electrons. The van der Waals surface area contributed by atoms with Crippen LogP contribution in [-0.4, -0.2) is 12.2 Å². The molecule has 0 amide bonds. The third kappa shape index (κ3) is 2.57.